The fourth-order valence-electron chi connectivity index (χ4n) is 2.25. The van der Waals surface area contributed by atoms with Crippen molar-refractivity contribution < 1.29 is 18.8 Å². The van der Waals surface area contributed by atoms with Crippen molar-refractivity contribution in [2.24, 2.45) is 0 Å². The van der Waals surface area contributed by atoms with E-state index in [4.69, 9.17) is 37.2 Å². The smallest absolute Gasteiger partial charge is 0.331 e. The van der Waals surface area contributed by atoms with Gasteiger partial charge in [0.1, 0.15) is 5.75 Å². The van der Waals surface area contributed by atoms with Gasteiger partial charge in [0.25, 0.3) is 5.89 Å². The summed E-state index contributed by atoms with van der Waals surface area (Å²) in [6.45, 7) is -0.165. The van der Waals surface area contributed by atoms with Crippen LogP contribution in [-0.2, 0) is 16.1 Å². The molecular weight excluding hydrogens is 391 g/mol. The van der Waals surface area contributed by atoms with E-state index in [1.165, 1.54) is 12.2 Å². The van der Waals surface area contributed by atoms with Gasteiger partial charge in [-0.3, -0.25) is 0 Å². The molecule has 138 valence electrons. The molecule has 0 aliphatic rings. The topological polar surface area (TPSA) is 74.5 Å². The van der Waals surface area contributed by atoms with Gasteiger partial charge in [0.2, 0.25) is 5.82 Å². The van der Waals surface area contributed by atoms with Crippen molar-refractivity contribution in [3.63, 3.8) is 0 Å². The van der Waals surface area contributed by atoms with Crippen molar-refractivity contribution in [3.05, 3.63) is 70.0 Å². The first kappa shape index (κ1) is 18.9. The van der Waals surface area contributed by atoms with Crippen LogP contribution in [0.5, 0.6) is 5.75 Å². The van der Waals surface area contributed by atoms with Crippen LogP contribution in [0.15, 0.2) is 53.1 Å². The number of esters is 1. The summed E-state index contributed by atoms with van der Waals surface area (Å²) in [5.74, 6) is 0.523. The summed E-state index contributed by atoms with van der Waals surface area (Å²) in [6, 6.07) is 12.3. The van der Waals surface area contributed by atoms with Gasteiger partial charge < -0.3 is 14.0 Å². The van der Waals surface area contributed by atoms with Crippen LogP contribution in [-0.4, -0.2) is 23.2 Å². The Morgan fingerprint density at radius 1 is 1.15 bits per heavy atom. The lowest BCUT2D eigenvalue weighted by Crippen LogP contribution is -2.01. The SMILES string of the molecule is COc1ccccc1-c1noc(COC(=O)/C=C/c2c(Cl)cccc2Cl)n1. The Kier molecular flexibility index (Phi) is 6.11. The van der Waals surface area contributed by atoms with E-state index in [0.29, 0.717) is 32.7 Å². The van der Waals surface area contributed by atoms with Crippen LogP contribution >= 0.6 is 23.2 Å². The minimum atomic E-state index is -0.594. The molecule has 0 aliphatic heterocycles. The summed E-state index contributed by atoms with van der Waals surface area (Å²) < 4.78 is 15.5. The molecule has 8 heteroatoms. The highest BCUT2D eigenvalue weighted by Crippen LogP contribution is 2.27. The zero-order chi connectivity index (χ0) is 19.2. The fraction of sp³-hybridized carbons (Fsp3) is 0.105. The van der Waals surface area contributed by atoms with Gasteiger partial charge in [0, 0.05) is 21.7 Å². The first-order chi connectivity index (χ1) is 13.1. The van der Waals surface area contributed by atoms with Gasteiger partial charge >= 0.3 is 5.97 Å². The quantitative estimate of drug-likeness (QED) is 0.433. The lowest BCUT2D eigenvalue weighted by atomic mass is 10.2. The lowest BCUT2D eigenvalue weighted by molar-refractivity contribution is -0.139. The van der Waals surface area contributed by atoms with E-state index in [9.17, 15) is 4.79 Å². The van der Waals surface area contributed by atoms with Gasteiger partial charge in [-0.2, -0.15) is 4.98 Å². The molecule has 0 bridgehead atoms. The number of carbonyl (C=O) groups excluding carboxylic acids is 1. The van der Waals surface area contributed by atoms with Gasteiger partial charge in [-0.15, -0.1) is 0 Å². The van der Waals surface area contributed by atoms with Gasteiger partial charge in [-0.25, -0.2) is 4.79 Å². The van der Waals surface area contributed by atoms with E-state index in [0.717, 1.165) is 0 Å². The molecule has 0 unspecified atom stereocenters. The maximum absolute atomic E-state index is 11.9. The molecule has 0 saturated heterocycles. The monoisotopic (exact) mass is 404 g/mol. The largest absolute Gasteiger partial charge is 0.496 e. The summed E-state index contributed by atoms with van der Waals surface area (Å²) in [5, 5.41) is 4.75. The Balaban J connectivity index is 1.63. The number of hydrogen-bond acceptors (Lipinski definition) is 6. The summed E-state index contributed by atoms with van der Waals surface area (Å²) in [7, 11) is 1.55. The molecule has 1 aromatic heterocycles. The molecule has 0 aliphatic carbocycles. The normalized spacial score (nSPS) is 10.9. The number of rotatable bonds is 6. The average molecular weight is 405 g/mol. The molecule has 2 aromatic carbocycles. The first-order valence-electron chi connectivity index (χ1n) is 7.83. The van der Waals surface area contributed by atoms with E-state index in [1.54, 1.807) is 37.4 Å². The van der Waals surface area contributed by atoms with E-state index < -0.39 is 5.97 Å². The molecule has 1 heterocycles. The number of hydrogen-bond donors (Lipinski definition) is 0. The fourth-order valence-corrected chi connectivity index (χ4v) is 2.78. The molecule has 0 fully saturated rings. The third-order valence-electron chi connectivity index (χ3n) is 3.54. The van der Waals surface area contributed by atoms with Crippen molar-refractivity contribution in [1.82, 2.24) is 10.1 Å². The summed E-state index contributed by atoms with van der Waals surface area (Å²) in [5.41, 5.74) is 1.21. The second kappa shape index (κ2) is 8.70. The molecular formula is C19H14Cl2N2O4. The van der Waals surface area contributed by atoms with Crippen molar-refractivity contribution in [2.75, 3.05) is 7.11 Å². The highest BCUT2D eigenvalue weighted by molar-refractivity contribution is 6.37. The van der Waals surface area contributed by atoms with E-state index in [2.05, 4.69) is 10.1 Å². The standard InChI is InChI=1S/C19H14Cl2N2O4/c1-25-16-8-3-2-5-13(16)19-22-17(27-23-19)11-26-18(24)10-9-12-14(20)6-4-7-15(12)21/h2-10H,11H2,1H3/b10-9+. The van der Waals surface area contributed by atoms with Crippen molar-refractivity contribution in [3.8, 4) is 17.1 Å². The van der Waals surface area contributed by atoms with Gasteiger partial charge in [-0.1, -0.05) is 46.6 Å². The van der Waals surface area contributed by atoms with Crippen LogP contribution in [0, 0.1) is 0 Å². The highest BCUT2D eigenvalue weighted by Gasteiger charge is 2.13. The summed E-state index contributed by atoms with van der Waals surface area (Å²) in [4.78, 5) is 16.1. The number of ether oxygens (including phenoxy) is 2. The minimum Gasteiger partial charge on any atom is -0.496 e. The van der Waals surface area contributed by atoms with E-state index >= 15 is 0 Å². The number of benzene rings is 2. The lowest BCUT2D eigenvalue weighted by Gasteiger charge is -2.03. The number of para-hydroxylation sites is 1. The second-order valence-corrected chi connectivity index (χ2v) is 6.10. The highest BCUT2D eigenvalue weighted by atomic mass is 35.5. The van der Waals surface area contributed by atoms with Crippen molar-refractivity contribution in [2.45, 2.75) is 6.61 Å². The van der Waals surface area contributed by atoms with Crippen LogP contribution in [0.4, 0.5) is 0 Å². The molecule has 0 atom stereocenters. The first-order valence-corrected chi connectivity index (χ1v) is 8.59. The molecule has 0 spiro atoms. The maximum Gasteiger partial charge on any atom is 0.331 e. The van der Waals surface area contributed by atoms with Gasteiger partial charge in [-0.05, 0) is 30.3 Å². The molecule has 0 radical (unpaired) electrons. The summed E-state index contributed by atoms with van der Waals surface area (Å²) >= 11 is 12.1. The van der Waals surface area contributed by atoms with Crippen LogP contribution in [0.25, 0.3) is 17.5 Å². The predicted octanol–water partition coefficient (Wildman–Crippen LogP) is 4.81. The molecule has 3 rings (SSSR count). The number of carbonyl (C=O) groups is 1. The maximum atomic E-state index is 11.9. The Labute approximate surface area is 165 Å². The molecule has 0 saturated carbocycles. The van der Waals surface area contributed by atoms with Crippen LogP contribution in [0.1, 0.15) is 11.5 Å². The van der Waals surface area contributed by atoms with Gasteiger partial charge in [0.05, 0.1) is 12.7 Å². The summed E-state index contributed by atoms with van der Waals surface area (Å²) in [6.07, 6.45) is 2.71. The number of aromatic nitrogens is 2. The molecule has 6 nitrogen and oxygen atoms in total. The Morgan fingerprint density at radius 2 is 1.89 bits per heavy atom. The van der Waals surface area contributed by atoms with Crippen LogP contribution in [0.2, 0.25) is 10.0 Å². The Morgan fingerprint density at radius 3 is 2.63 bits per heavy atom. The minimum absolute atomic E-state index is 0.161. The number of halogens is 2. The molecule has 0 amide bonds. The van der Waals surface area contributed by atoms with Crippen LogP contribution in [0.3, 0.4) is 0 Å². The van der Waals surface area contributed by atoms with E-state index in [1.807, 2.05) is 12.1 Å². The third kappa shape index (κ3) is 4.67. The van der Waals surface area contributed by atoms with Gasteiger partial charge in [0.15, 0.2) is 6.61 Å². The number of nitrogens with zero attached hydrogens (tertiary/aromatic N) is 2. The number of methoxy groups -OCH3 is 1. The van der Waals surface area contributed by atoms with Crippen LogP contribution < -0.4 is 4.74 Å². The third-order valence-corrected chi connectivity index (χ3v) is 4.20. The zero-order valence-corrected chi connectivity index (χ0v) is 15.7. The Bertz CT molecular complexity index is 965. The second-order valence-electron chi connectivity index (χ2n) is 5.29. The molecule has 27 heavy (non-hydrogen) atoms. The average Bonchev–Trinajstić information content (AvgIpc) is 3.15. The molecule has 0 N–H and O–H groups in total. The predicted molar refractivity (Wildman–Crippen MR) is 102 cm³/mol. The van der Waals surface area contributed by atoms with E-state index in [-0.39, 0.29) is 12.5 Å². The van der Waals surface area contributed by atoms with Crippen molar-refractivity contribution in [1.29, 1.82) is 0 Å². The zero-order valence-electron chi connectivity index (χ0n) is 14.2. The molecule has 3 aromatic rings. The van der Waals surface area contributed by atoms with Crippen molar-refractivity contribution >= 4 is 35.2 Å². The Hall–Kier alpha value is -2.83.